The van der Waals surface area contributed by atoms with Crippen LogP contribution in [-0.4, -0.2) is 34.6 Å². The first-order valence-electron chi connectivity index (χ1n) is 5.33. The first-order valence-corrected chi connectivity index (χ1v) is 6.69. The zero-order chi connectivity index (χ0) is 13.1. The van der Waals surface area contributed by atoms with Crippen molar-refractivity contribution in [3.8, 4) is 0 Å². The average Bonchev–Trinajstić information content (AvgIpc) is 2.63. The normalized spacial score (nSPS) is 14.2. The lowest BCUT2D eigenvalue weighted by Crippen LogP contribution is -2.12. The molecule has 0 aliphatic carbocycles. The lowest BCUT2D eigenvalue weighted by Gasteiger charge is -2.10. The van der Waals surface area contributed by atoms with Gasteiger partial charge in [0.2, 0.25) is 0 Å². The maximum Gasteiger partial charge on any atom is 0.397 e. The molecule has 1 rings (SSSR count). The Morgan fingerprint density at radius 3 is 2.59 bits per heavy atom. The van der Waals surface area contributed by atoms with Crippen molar-refractivity contribution in [2.75, 3.05) is 6.61 Å². The Bertz CT molecular complexity index is 455. The minimum atomic E-state index is -4.36. The van der Waals surface area contributed by atoms with Gasteiger partial charge in [-0.1, -0.05) is 19.1 Å². The summed E-state index contributed by atoms with van der Waals surface area (Å²) in [6.07, 6.45) is 2.24. The van der Waals surface area contributed by atoms with E-state index in [0.717, 1.165) is 5.69 Å². The van der Waals surface area contributed by atoms with Gasteiger partial charge in [-0.15, -0.1) is 5.10 Å². The number of rotatable bonds is 6. The maximum absolute atomic E-state index is 10.3. The molecule has 0 spiro atoms. The summed E-state index contributed by atoms with van der Waals surface area (Å²) < 4.78 is 35.0. The molecule has 0 aromatic carbocycles. The topological polar surface area (TPSA) is 94.3 Å². The third-order valence-corrected chi connectivity index (χ3v) is 2.80. The van der Waals surface area contributed by atoms with Crippen molar-refractivity contribution < 1.29 is 17.2 Å². The molecule has 0 aliphatic heterocycles. The van der Waals surface area contributed by atoms with Crippen LogP contribution >= 0.6 is 0 Å². The monoisotopic (exact) mass is 263 g/mol. The van der Waals surface area contributed by atoms with E-state index in [-0.39, 0.29) is 12.6 Å². The summed E-state index contributed by atoms with van der Waals surface area (Å²) in [5.41, 5.74) is 0.882. The molecule has 1 unspecified atom stereocenters. The fourth-order valence-corrected chi connectivity index (χ4v) is 1.53. The number of hydrogen-bond acceptors (Lipinski definition) is 5. The Kier molecular flexibility index (Phi) is 4.61. The molecule has 0 saturated heterocycles. The predicted octanol–water partition coefficient (Wildman–Crippen LogP) is 1.17. The summed E-state index contributed by atoms with van der Waals surface area (Å²) in [5, 5.41) is 7.95. The van der Waals surface area contributed by atoms with E-state index in [4.69, 9.17) is 4.55 Å². The molecular weight excluding hydrogens is 246 g/mol. The van der Waals surface area contributed by atoms with Gasteiger partial charge in [0.15, 0.2) is 0 Å². The highest BCUT2D eigenvalue weighted by Gasteiger charge is 2.12. The Balaban J connectivity index is 2.49. The Morgan fingerprint density at radius 2 is 2.12 bits per heavy atom. The average molecular weight is 263 g/mol. The van der Waals surface area contributed by atoms with Crippen LogP contribution in [0.25, 0.3) is 0 Å². The fourth-order valence-electron chi connectivity index (χ4n) is 1.23. The van der Waals surface area contributed by atoms with Crippen LogP contribution in [0.2, 0.25) is 0 Å². The van der Waals surface area contributed by atoms with Crippen molar-refractivity contribution in [2.45, 2.75) is 39.2 Å². The Labute approximate surface area is 101 Å². The summed E-state index contributed by atoms with van der Waals surface area (Å²) >= 11 is 0. The SMILES string of the molecule is CC(C)c1cn(C(C)CCOS(=O)(=O)O)nn1. The van der Waals surface area contributed by atoms with Crippen LogP contribution in [0.15, 0.2) is 6.20 Å². The highest BCUT2D eigenvalue weighted by molar-refractivity contribution is 7.80. The van der Waals surface area contributed by atoms with Gasteiger partial charge >= 0.3 is 10.4 Å². The molecule has 7 nitrogen and oxygen atoms in total. The Hall–Kier alpha value is -0.990. The van der Waals surface area contributed by atoms with Crippen molar-refractivity contribution >= 4 is 10.4 Å². The molecule has 0 amide bonds. The minimum Gasteiger partial charge on any atom is -0.264 e. The minimum absolute atomic E-state index is 0.0447. The summed E-state index contributed by atoms with van der Waals surface area (Å²) in [6, 6.07) is -0.0447. The summed E-state index contributed by atoms with van der Waals surface area (Å²) in [5.74, 6) is 0.296. The van der Waals surface area contributed by atoms with Crippen molar-refractivity contribution in [3.05, 3.63) is 11.9 Å². The Morgan fingerprint density at radius 1 is 1.47 bits per heavy atom. The van der Waals surface area contributed by atoms with E-state index in [0.29, 0.717) is 12.3 Å². The number of hydrogen-bond donors (Lipinski definition) is 1. The van der Waals surface area contributed by atoms with Crippen LogP contribution in [0, 0.1) is 0 Å². The molecule has 1 heterocycles. The zero-order valence-corrected chi connectivity index (χ0v) is 10.9. The summed E-state index contributed by atoms with van der Waals surface area (Å²) in [7, 11) is -4.36. The molecule has 0 radical (unpaired) electrons. The van der Waals surface area contributed by atoms with E-state index in [1.807, 2.05) is 27.0 Å². The summed E-state index contributed by atoms with van der Waals surface area (Å²) in [6.45, 7) is 5.81. The van der Waals surface area contributed by atoms with Crippen molar-refractivity contribution in [3.63, 3.8) is 0 Å². The molecule has 1 aromatic rings. The van der Waals surface area contributed by atoms with Crippen molar-refractivity contribution in [1.29, 1.82) is 0 Å². The molecule has 98 valence electrons. The fraction of sp³-hybridized carbons (Fsp3) is 0.778. The number of nitrogens with zero attached hydrogens (tertiary/aromatic N) is 3. The van der Waals surface area contributed by atoms with Crippen molar-refractivity contribution in [1.82, 2.24) is 15.0 Å². The second kappa shape index (κ2) is 5.56. The van der Waals surface area contributed by atoms with Gasteiger partial charge in [-0.3, -0.25) is 4.55 Å². The van der Waals surface area contributed by atoms with E-state index in [2.05, 4.69) is 14.5 Å². The quantitative estimate of drug-likeness (QED) is 0.774. The molecule has 1 aromatic heterocycles. The first kappa shape index (κ1) is 14.1. The van der Waals surface area contributed by atoms with Gasteiger partial charge in [0.05, 0.1) is 18.3 Å². The first-order chi connectivity index (χ1) is 7.79. The van der Waals surface area contributed by atoms with E-state index in [9.17, 15) is 8.42 Å². The van der Waals surface area contributed by atoms with Crippen LogP contribution in [0.5, 0.6) is 0 Å². The zero-order valence-electron chi connectivity index (χ0n) is 10.1. The molecule has 0 aliphatic rings. The molecular formula is C9H17N3O4S. The second-order valence-electron chi connectivity index (χ2n) is 4.17. The van der Waals surface area contributed by atoms with Gasteiger partial charge in [-0.25, -0.2) is 8.86 Å². The van der Waals surface area contributed by atoms with Crippen LogP contribution in [0.1, 0.15) is 44.8 Å². The highest BCUT2D eigenvalue weighted by Crippen LogP contribution is 2.14. The predicted molar refractivity (Wildman–Crippen MR) is 60.9 cm³/mol. The van der Waals surface area contributed by atoms with E-state index >= 15 is 0 Å². The number of aromatic nitrogens is 3. The smallest absolute Gasteiger partial charge is 0.264 e. The van der Waals surface area contributed by atoms with E-state index < -0.39 is 10.4 Å². The second-order valence-corrected chi connectivity index (χ2v) is 5.26. The molecule has 8 heteroatoms. The molecule has 0 fully saturated rings. The van der Waals surface area contributed by atoms with Crippen molar-refractivity contribution in [2.24, 2.45) is 0 Å². The van der Waals surface area contributed by atoms with Gasteiger partial charge in [-0.05, 0) is 19.3 Å². The molecule has 0 bridgehead atoms. The maximum atomic E-state index is 10.3. The van der Waals surface area contributed by atoms with Crippen LogP contribution in [0.3, 0.4) is 0 Å². The largest absolute Gasteiger partial charge is 0.397 e. The lowest BCUT2D eigenvalue weighted by atomic mass is 10.1. The molecule has 1 atom stereocenters. The third-order valence-electron chi connectivity index (χ3n) is 2.34. The van der Waals surface area contributed by atoms with Gasteiger partial charge in [0, 0.05) is 6.20 Å². The van der Waals surface area contributed by atoms with Crippen LogP contribution in [0.4, 0.5) is 0 Å². The van der Waals surface area contributed by atoms with Gasteiger partial charge in [-0.2, -0.15) is 8.42 Å². The van der Waals surface area contributed by atoms with Crippen LogP contribution in [-0.2, 0) is 14.6 Å². The standard InChI is InChI=1S/C9H17N3O4S/c1-7(2)9-6-12(11-10-9)8(3)4-5-16-17(13,14)15/h6-8H,4-5H2,1-3H3,(H,13,14,15). The third kappa shape index (κ3) is 4.80. The van der Waals surface area contributed by atoms with Crippen LogP contribution < -0.4 is 0 Å². The highest BCUT2D eigenvalue weighted by atomic mass is 32.3. The van der Waals surface area contributed by atoms with Gasteiger partial charge < -0.3 is 0 Å². The molecule has 0 saturated carbocycles. The molecule has 17 heavy (non-hydrogen) atoms. The van der Waals surface area contributed by atoms with E-state index in [1.165, 1.54) is 0 Å². The van der Waals surface area contributed by atoms with Gasteiger partial charge in [0.25, 0.3) is 0 Å². The van der Waals surface area contributed by atoms with Gasteiger partial charge in [0.1, 0.15) is 0 Å². The summed E-state index contributed by atoms with van der Waals surface area (Å²) in [4.78, 5) is 0. The van der Waals surface area contributed by atoms with E-state index in [1.54, 1.807) is 4.68 Å². The molecule has 1 N–H and O–H groups in total. The lowest BCUT2D eigenvalue weighted by molar-refractivity contribution is 0.245.